The van der Waals surface area contributed by atoms with E-state index in [1.807, 2.05) is 19.9 Å². The van der Waals surface area contributed by atoms with Crippen LogP contribution in [-0.2, 0) is 6.42 Å². The summed E-state index contributed by atoms with van der Waals surface area (Å²) in [6, 6.07) is 28.4. The molecule has 0 bridgehead atoms. The molecule has 1 aliphatic rings. The maximum Gasteiger partial charge on any atom is 0.336 e. The summed E-state index contributed by atoms with van der Waals surface area (Å²) in [5.41, 5.74) is 7.52. The number of hydrogen-bond donors (Lipinski definition) is 2. The third-order valence-electron chi connectivity index (χ3n) is 8.34. The number of hydrogen-bond acceptors (Lipinski definition) is 2. The normalized spacial score (nSPS) is 17.4. The fourth-order valence-corrected chi connectivity index (χ4v) is 6.45. The number of halogens is 1. The standard InChI is InChI=1S/C34H37NO2.ClH/c1-22-17-18-28(23(2)33(22)34(36)37)32-21-25(20-27-12-5-7-15-31(27)32)10-9-19-35-24(3)29-16-8-13-26-11-4-6-14-30(26)29;/h4-8,11-18,24-25,32,35H,9-10,19-21H2,1-3H3,(H,36,37);1H/t24-,25?,32?;/m1./s1. The van der Waals surface area contributed by atoms with E-state index < -0.39 is 5.97 Å². The van der Waals surface area contributed by atoms with Gasteiger partial charge in [-0.15, -0.1) is 12.4 Å². The Morgan fingerprint density at radius 3 is 2.50 bits per heavy atom. The van der Waals surface area contributed by atoms with Crippen LogP contribution in [0.25, 0.3) is 10.8 Å². The van der Waals surface area contributed by atoms with Crippen LogP contribution in [0.1, 0.15) is 81.9 Å². The summed E-state index contributed by atoms with van der Waals surface area (Å²) in [6.45, 7) is 7.12. The van der Waals surface area contributed by atoms with Crippen LogP contribution in [0.5, 0.6) is 0 Å². The van der Waals surface area contributed by atoms with Gasteiger partial charge in [0.25, 0.3) is 0 Å². The molecule has 0 saturated heterocycles. The highest BCUT2D eigenvalue weighted by Crippen LogP contribution is 2.42. The molecule has 4 aromatic carbocycles. The molecule has 0 radical (unpaired) electrons. The van der Waals surface area contributed by atoms with Gasteiger partial charge in [-0.3, -0.25) is 0 Å². The van der Waals surface area contributed by atoms with Crippen molar-refractivity contribution in [2.75, 3.05) is 6.54 Å². The summed E-state index contributed by atoms with van der Waals surface area (Å²) < 4.78 is 0. The number of carboxylic acid groups (broad SMARTS) is 1. The fraction of sp³-hybridized carbons (Fsp3) is 0.324. The molecule has 198 valence electrons. The third-order valence-corrected chi connectivity index (χ3v) is 8.34. The van der Waals surface area contributed by atoms with Gasteiger partial charge in [-0.25, -0.2) is 4.79 Å². The van der Waals surface area contributed by atoms with E-state index in [9.17, 15) is 9.90 Å². The van der Waals surface area contributed by atoms with E-state index in [1.54, 1.807) is 0 Å². The van der Waals surface area contributed by atoms with E-state index in [2.05, 4.69) is 85.0 Å². The smallest absolute Gasteiger partial charge is 0.336 e. The van der Waals surface area contributed by atoms with Crippen molar-refractivity contribution in [3.63, 3.8) is 0 Å². The van der Waals surface area contributed by atoms with Gasteiger partial charge < -0.3 is 10.4 Å². The summed E-state index contributed by atoms with van der Waals surface area (Å²) >= 11 is 0. The molecule has 0 aliphatic heterocycles. The second-order valence-corrected chi connectivity index (χ2v) is 10.7. The van der Waals surface area contributed by atoms with Gasteiger partial charge in [0.05, 0.1) is 5.56 Å². The Balaban J connectivity index is 0.00000336. The van der Waals surface area contributed by atoms with Crippen molar-refractivity contribution < 1.29 is 9.90 Å². The van der Waals surface area contributed by atoms with E-state index in [1.165, 1.54) is 33.0 Å². The zero-order chi connectivity index (χ0) is 25.9. The molecular weight excluding hydrogens is 490 g/mol. The molecule has 3 atom stereocenters. The molecule has 4 aromatic rings. The predicted molar refractivity (Wildman–Crippen MR) is 160 cm³/mol. The van der Waals surface area contributed by atoms with E-state index in [0.29, 0.717) is 17.5 Å². The lowest BCUT2D eigenvalue weighted by atomic mass is 9.71. The van der Waals surface area contributed by atoms with Crippen molar-refractivity contribution in [1.29, 1.82) is 0 Å². The number of nitrogens with one attached hydrogen (secondary N) is 1. The number of aryl methyl sites for hydroxylation is 1. The number of carboxylic acids is 1. The van der Waals surface area contributed by atoms with E-state index in [0.717, 1.165) is 43.4 Å². The lowest BCUT2D eigenvalue weighted by Crippen LogP contribution is -2.24. The molecule has 4 heteroatoms. The van der Waals surface area contributed by atoms with E-state index in [4.69, 9.17) is 0 Å². The van der Waals surface area contributed by atoms with Crippen molar-refractivity contribution in [3.8, 4) is 0 Å². The third kappa shape index (κ3) is 5.65. The average molecular weight is 528 g/mol. The Bertz CT molecular complexity index is 1420. The van der Waals surface area contributed by atoms with Crippen LogP contribution in [-0.4, -0.2) is 17.6 Å². The second kappa shape index (κ2) is 12.1. The molecule has 0 spiro atoms. The van der Waals surface area contributed by atoms with Crippen LogP contribution in [0.15, 0.2) is 78.9 Å². The average Bonchev–Trinajstić information content (AvgIpc) is 2.90. The molecule has 2 N–H and O–H groups in total. The minimum atomic E-state index is -0.830. The second-order valence-electron chi connectivity index (χ2n) is 10.7. The molecule has 38 heavy (non-hydrogen) atoms. The van der Waals surface area contributed by atoms with Crippen molar-refractivity contribution in [1.82, 2.24) is 5.32 Å². The lowest BCUT2D eigenvalue weighted by molar-refractivity contribution is 0.0695. The Kier molecular flexibility index (Phi) is 8.91. The Hall–Kier alpha value is -3.14. The van der Waals surface area contributed by atoms with Gasteiger partial charge in [0, 0.05) is 12.0 Å². The maximum atomic E-state index is 12.0. The molecule has 1 aliphatic carbocycles. The Labute approximate surface area is 232 Å². The first-order chi connectivity index (χ1) is 17.9. The summed E-state index contributed by atoms with van der Waals surface area (Å²) in [5, 5.41) is 16.2. The van der Waals surface area contributed by atoms with Gasteiger partial charge in [0.1, 0.15) is 0 Å². The first-order valence-electron chi connectivity index (χ1n) is 13.6. The van der Waals surface area contributed by atoms with E-state index >= 15 is 0 Å². The van der Waals surface area contributed by atoms with Gasteiger partial charge in [0.2, 0.25) is 0 Å². The van der Waals surface area contributed by atoms with Gasteiger partial charge in [-0.05, 0) is 103 Å². The quantitative estimate of drug-likeness (QED) is 0.226. The van der Waals surface area contributed by atoms with Gasteiger partial charge in [-0.2, -0.15) is 0 Å². The zero-order valence-electron chi connectivity index (χ0n) is 22.5. The van der Waals surface area contributed by atoms with Crippen molar-refractivity contribution >= 4 is 29.1 Å². The van der Waals surface area contributed by atoms with Crippen LogP contribution in [0.3, 0.4) is 0 Å². The molecule has 0 heterocycles. The van der Waals surface area contributed by atoms with Gasteiger partial charge >= 0.3 is 5.97 Å². The molecule has 0 saturated carbocycles. The summed E-state index contributed by atoms with van der Waals surface area (Å²) in [6.07, 6.45) is 4.46. The number of benzene rings is 4. The van der Waals surface area contributed by atoms with Crippen molar-refractivity contribution in [2.24, 2.45) is 5.92 Å². The van der Waals surface area contributed by atoms with Crippen LogP contribution in [0, 0.1) is 19.8 Å². The predicted octanol–water partition coefficient (Wildman–Crippen LogP) is 8.40. The minimum absolute atomic E-state index is 0. The highest BCUT2D eigenvalue weighted by molar-refractivity contribution is 5.91. The monoisotopic (exact) mass is 527 g/mol. The molecule has 5 rings (SSSR count). The first-order valence-corrected chi connectivity index (χ1v) is 13.6. The number of fused-ring (bicyclic) bond motifs is 2. The topological polar surface area (TPSA) is 49.3 Å². The molecule has 0 fully saturated rings. The fourth-order valence-electron chi connectivity index (χ4n) is 6.45. The Morgan fingerprint density at radius 2 is 1.68 bits per heavy atom. The van der Waals surface area contributed by atoms with Gasteiger partial charge in [-0.1, -0.05) is 78.9 Å². The van der Waals surface area contributed by atoms with Gasteiger partial charge in [0.15, 0.2) is 0 Å². The molecule has 2 unspecified atom stereocenters. The first kappa shape index (κ1) is 27.9. The van der Waals surface area contributed by atoms with Crippen LogP contribution < -0.4 is 5.32 Å². The van der Waals surface area contributed by atoms with Crippen LogP contribution >= 0.6 is 12.4 Å². The van der Waals surface area contributed by atoms with Crippen LogP contribution in [0.2, 0.25) is 0 Å². The number of rotatable bonds is 8. The molecule has 3 nitrogen and oxygen atoms in total. The summed E-state index contributed by atoms with van der Waals surface area (Å²) in [5.74, 6) is 0.00337. The molecule has 0 amide bonds. The largest absolute Gasteiger partial charge is 0.478 e. The number of aromatic carboxylic acids is 1. The van der Waals surface area contributed by atoms with Crippen molar-refractivity contribution in [2.45, 2.75) is 58.4 Å². The summed E-state index contributed by atoms with van der Waals surface area (Å²) in [4.78, 5) is 12.0. The maximum absolute atomic E-state index is 12.0. The highest BCUT2D eigenvalue weighted by Gasteiger charge is 2.30. The molecular formula is C34H38ClNO2. The Morgan fingerprint density at radius 1 is 0.947 bits per heavy atom. The minimum Gasteiger partial charge on any atom is -0.478 e. The van der Waals surface area contributed by atoms with E-state index in [-0.39, 0.29) is 18.3 Å². The summed E-state index contributed by atoms with van der Waals surface area (Å²) in [7, 11) is 0. The lowest BCUT2D eigenvalue weighted by Gasteiger charge is -2.33. The van der Waals surface area contributed by atoms with Crippen LogP contribution in [0.4, 0.5) is 0 Å². The van der Waals surface area contributed by atoms with Crippen molar-refractivity contribution in [3.05, 3.63) is 118 Å². The zero-order valence-corrected chi connectivity index (χ0v) is 23.4. The SMILES string of the molecule is Cc1ccc(C2CC(CCCN[C@H](C)c3cccc4ccccc34)Cc3ccccc32)c(C)c1C(=O)O.Cl. The molecule has 0 aromatic heterocycles. The highest BCUT2D eigenvalue weighted by atomic mass is 35.5. The number of carbonyl (C=O) groups is 1.